The van der Waals surface area contributed by atoms with E-state index in [-0.39, 0.29) is 5.82 Å². The molecule has 1 unspecified atom stereocenters. The molecule has 4 heteroatoms. The summed E-state index contributed by atoms with van der Waals surface area (Å²) in [6.07, 6.45) is 0.338. The van der Waals surface area contributed by atoms with E-state index in [0.717, 1.165) is 0 Å². The molecule has 2 nitrogen and oxygen atoms in total. The van der Waals surface area contributed by atoms with Gasteiger partial charge in [-0.3, -0.25) is 4.79 Å². The Morgan fingerprint density at radius 2 is 2.20 bits per heavy atom. The van der Waals surface area contributed by atoms with Crippen molar-refractivity contribution < 1.29 is 14.3 Å². The van der Waals surface area contributed by atoms with Gasteiger partial charge >= 0.3 is 5.97 Å². The maximum absolute atomic E-state index is 13.3. The van der Waals surface area contributed by atoms with Crippen molar-refractivity contribution in [2.75, 3.05) is 0 Å². The van der Waals surface area contributed by atoms with Crippen LogP contribution in [0.2, 0.25) is 0 Å². The fourth-order valence-corrected chi connectivity index (χ4v) is 1.74. The fourth-order valence-electron chi connectivity index (χ4n) is 1.26. The van der Waals surface area contributed by atoms with Crippen molar-refractivity contribution in [2.24, 2.45) is 5.92 Å². The van der Waals surface area contributed by atoms with Gasteiger partial charge in [-0.25, -0.2) is 4.39 Å². The molecule has 82 valence electrons. The second-order valence-corrected chi connectivity index (χ2v) is 4.48. The first-order valence-electron chi connectivity index (χ1n) is 4.59. The standard InChI is InChI=1S/C11H12BrFO2/c1-6(11(14)15)3-8-4-9(12)7(2)10(13)5-8/h4-6H,3H2,1-2H3,(H,14,15). The Bertz CT molecular complexity index is 367. The number of carboxylic acid groups (broad SMARTS) is 1. The normalized spacial score (nSPS) is 12.5. The van der Waals surface area contributed by atoms with Crippen molar-refractivity contribution in [2.45, 2.75) is 20.3 Å². The zero-order valence-corrected chi connectivity index (χ0v) is 10.1. The molecule has 1 aromatic carbocycles. The molecule has 0 heterocycles. The van der Waals surface area contributed by atoms with Crippen LogP contribution in [0, 0.1) is 18.7 Å². The Labute approximate surface area is 96.2 Å². The van der Waals surface area contributed by atoms with Crippen LogP contribution in [0.5, 0.6) is 0 Å². The molecule has 0 aromatic heterocycles. The van der Waals surface area contributed by atoms with E-state index in [1.54, 1.807) is 19.9 Å². The smallest absolute Gasteiger partial charge is 0.306 e. The van der Waals surface area contributed by atoms with Crippen LogP contribution in [0.15, 0.2) is 16.6 Å². The van der Waals surface area contributed by atoms with Gasteiger partial charge in [0.1, 0.15) is 5.82 Å². The Hall–Kier alpha value is -0.900. The van der Waals surface area contributed by atoms with Crippen LogP contribution in [0.25, 0.3) is 0 Å². The minimum atomic E-state index is -0.868. The first-order chi connectivity index (χ1) is 6.91. The minimum absolute atomic E-state index is 0.308. The number of halogens is 2. The molecule has 1 aromatic rings. The summed E-state index contributed by atoms with van der Waals surface area (Å²) in [6, 6.07) is 3.15. The maximum atomic E-state index is 13.3. The topological polar surface area (TPSA) is 37.3 Å². The lowest BCUT2D eigenvalue weighted by Gasteiger charge is -2.08. The Kier molecular flexibility index (Phi) is 3.85. The van der Waals surface area contributed by atoms with Gasteiger partial charge in [-0.05, 0) is 36.6 Å². The van der Waals surface area contributed by atoms with Crippen molar-refractivity contribution in [1.82, 2.24) is 0 Å². The van der Waals surface area contributed by atoms with Crippen LogP contribution in [0.3, 0.4) is 0 Å². The van der Waals surface area contributed by atoms with Gasteiger partial charge in [-0.1, -0.05) is 22.9 Å². The second-order valence-electron chi connectivity index (χ2n) is 3.63. The molecule has 0 bridgehead atoms. The Balaban J connectivity index is 2.92. The summed E-state index contributed by atoms with van der Waals surface area (Å²) >= 11 is 3.24. The molecule has 0 aliphatic rings. The summed E-state index contributed by atoms with van der Waals surface area (Å²) in [4.78, 5) is 10.6. The van der Waals surface area contributed by atoms with Gasteiger partial charge in [0.05, 0.1) is 5.92 Å². The van der Waals surface area contributed by atoms with Gasteiger partial charge in [-0.15, -0.1) is 0 Å². The lowest BCUT2D eigenvalue weighted by Crippen LogP contribution is -2.12. The van der Waals surface area contributed by atoms with Crippen molar-refractivity contribution in [3.05, 3.63) is 33.5 Å². The van der Waals surface area contributed by atoms with E-state index in [4.69, 9.17) is 5.11 Å². The van der Waals surface area contributed by atoms with Crippen LogP contribution in [0.1, 0.15) is 18.1 Å². The third kappa shape index (κ3) is 3.02. The molecule has 15 heavy (non-hydrogen) atoms. The van der Waals surface area contributed by atoms with Crippen LogP contribution in [-0.2, 0) is 11.2 Å². The van der Waals surface area contributed by atoms with Gasteiger partial charge in [0.15, 0.2) is 0 Å². The van der Waals surface area contributed by atoms with Crippen molar-refractivity contribution in [3.8, 4) is 0 Å². The van der Waals surface area contributed by atoms with Crippen LogP contribution in [0.4, 0.5) is 4.39 Å². The molecule has 0 fully saturated rings. The monoisotopic (exact) mass is 274 g/mol. The zero-order valence-electron chi connectivity index (χ0n) is 8.55. The molecular weight excluding hydrogens is 263 g/mol. The number of hydrogen-bond acceptors (Lipinski definition) is 1. The zero-order chi connectivity index (χ0) is 11.6. The van der Waals surface area contributed by atoms with Crippen molar-refractivity contribution in [3.63, 3.8) is 0 Å². The number of carboxylic acids is 1. The maximum Gasteiger partial charge on any atom is 0.306 e. The number of rotatable bonds is 3. The van der Waals surface area contributed by atoms with E-state index in [1.165, 1.54) is 6.07 Å². The highest BCUT2D eigenvalue weighted by Crippen LogP contribution is 2.22. The summed E-state index contributed by atoms with van der Waals surface area (Å²) in [5.41, 5.74) is 1.24. The SMILES string of the molecule is Cc1c(F)cc(CC(C)C(=O)O)cc1Br. The lowest BCUT2D eigenvalue weighted by atomic mass is 10.0. The summed E-state index contributed by atoms with van der Waals surface area (Å²) in [6.45, 7) is 3.28. The van der Waals surface area contributed by atoms with Crippen molar-refractivity contribution in [1.29, 1.82) is 0 Å². The average molecular weight is 275 g/mol. The molecular formula is C11H12BrFO2. The van der Waals surface area contributed by atoms with Gasteiger partial charge < -0.3 is 5.11 Å². The molecule has 0 amide bonds. The first-order valence-corrected chi connectivity index (χ1v) is 5.38. The number of hydrogen-bond donors (Lipinski definition) is 1. The number of benzene rings is 1. The van der Waals surface area contributed by atoms with E-state index in [9.17, 15) is 9.18 Å². The van der Waals surface area contributed by atoms with Gasteiger partial charge in [-0.2, -0.15) is 0 Å². The van der Waals surface area contributed by atoms with E-state index in [0.29, 0.717) is 22.0 Å². The molecule has 1 atom stereocenters. The molecule has 0 aliphatic carbocycles. The van der Waals surface area contributed by atoms with Crippen LogP contribution >= 0.6 is 15.9 Å². The highest BCUT2D eigenvalue weighted by Gasteiger charge is 2.13. The lowest BCUT2D eigenvalue weighted by molar-refractivity contribution is -0.141. The highest BCUT2D eigenvalue weighted by molar-refractivity contribution is 9.10. The third-order valence-electron chi connectivity index (χ3n) is 2.30. The van der Waals surface area contributed by atoms with Crippen molar-refractivity contribution >= 4 is 21.9 Å². The second kappa shape index (κ2) is 4.75. The number of aliphatic carboxylic acids is 1. The van der Waals surface area contributed by atoms with Gasteiger partial charge in [0.25, 0.3) is 0 Å². The predicted molar refractivity (Wildman–Crippen MR) is 59.3 cm³/mol. The number of carbonyl (C=O) groups is 1. The molecule has 0 spiro atoms. The molecule has 1 rings (SSSR count). The fraction of sp³-hybridized carbons (Fsp3) is 0.364. The molecule has 0 aliphatic heterocycles. The van der Waals surface area contributed by atoms with E-state index >= 15 is 0 Å². The molecule has 1 N–H and O–H groups in total. The van der Waals surface area contributed by atoms with Gasteiger partial charge in [0, 0.05) is 4.47 Å². The Morgan fingerprint density at radius 1 is 1.60 bits per heavy atom. The van der Waals surface area contributed by atoms with Crippen LogP contribution in [-0.4, -0.2) is 11.1 Å². The third-order valence-corrected chi connectivity index (χ3v) is 3.13. The van der Waals surface area contributed by atoms with E-state index < -0.39 is 11.9 Å². The Morgan fingerprint density at radius 3 is 2.67 bits per heavy atom. The van der Waals surface area contributed by atoms with Crippen LogP contribution < -0.4 is 0 Å². The first kappa shape index (κ1) is 12.2. The molecule has 0 saturated carbocycles. The summed E-state index contributed by atoms with van der Waals surface area (Å²) in [5.74, 6) is -1.68. The summed E-state index contributed by atoms with van der Waals surface area (Å²) < 4.78 is 14.0. The minimum Gasteiger partial charge on any atom is -0.481 e. The summed E-state index contributed by atoms with van der Waals surface area (Å²) in [7, 11) is 0. The predicted octanol–water partition coefficient (Wildman–Crippen LogP) is 3.16. The molecule has 0 saturated heterocycles. The van der Waals surface area contributed by atoms with Gasteiger partial charge in [0.2, 0.25) is 0 Å². The average Bonchev–Trinajstić information content (AvgIpc) is 2.13. The summed E-state index contributed by atoms with van der Waals surface area (Å²) in [5, 5.41) is 8.73. The molecule has 0 radical (unpaired) electrons. The quantitative estimate of drug-likeness (QED) is 0.920. The van der Waals surface area contributed by atoms with E-state index in [1.807, 2.05) is 0 Å². The highest BCUT2D eigenvalue weighted by atomic mass is 79.9. The van der Waals surface area contributed by atoms with E-state index in [2.05, 4.69) is 15.9 Å². The largest absolute Gasteiger partial charge is 0.481 e.